The SMILES string of the molecule is NC(=O)Cn1ncc2c1CN([C@H]1COC(c3cc(F)c(F)cc3F)[C@@H](N)C1)C2. The van der Waals surface area contributed by atoms with E-state index in [2.05, 4.69) is 10.00 Å². The van der Waals surface area contributed by atoms with Crippen LogP contribution in [0.1, 0.15) is 29.3 Å². The molecular weight excluding hydrogens is 375 g/mol. The molecule has 7 nitrogen and oxygen atoms in total. The maximum absolute atomic E-state index is 14.1. The van der Waals surface area contributed by atoms with Gasteiger partial charge in [-0.1, -0.05) is 0 Å². The van der Waals surface area contributed by atoms with Gasteiger partial charge in [0.05, 0.1) is 18.5 Å². The van der Waals surface area contributed by atoms with Crippen LogP contribution in [0.15, 0.2) is 18.3 Å². The normalized spacial score (nSPS) is 25.1. The summed E-state index contributed by atoms with van der Waals surface area (Å²) in [5.41, 5.74) is 13.3. The molecule has 10 heteroatoms. The summed E-state index contributed by atoms with van der Waals surface area (Å²) in [6.45, 7) is 1.47. The average Bonchev–Trinajstić information content (AvgIpc) is 3.20. The van der Waals surface area contributed by atoms with Crippen LogP contribution in [-0.2, 0) is 29.2 Å². The molecule has 1 fully saturated rings. The Morgan fingerprint density at radius 2 is 1.96 bits per heavy atom. The zero-order valence-electron chi connectivity index (χ0n) is 14.9. The van der Waals surface area contributed by atoms with Crippen LogP contribution in [0.2, 0.25) is 0 Å². The minimum Gasteiger partial charge on any atom is -0.370 e. The first kappa shape index (κ1) is 18.9. The predicted molar refractivity (Wildman–Crippen MR) is 92.1 cm³/mol. The van der Waals surface area contributed by atoms with E-state index in [0.29, 0.717) is 25.6 Å². The Balaban J connectivity index is 1.44. The molecule has 0 bridgehead atoms. The van der Waals surface area contributed by atoms with E-state index in [-0.39, 0.29) is 24.8 Å². The number of hydrogen-bond donors (Lipinski definition) is 2. The van der Waals surface area contributed by atoms with Gasteiger partial charge in [0, 0.05) is 42.4 Å². The highest BCUT2D eigenvalue weighted by molar-refractivity contribution is 5.73. The van der Waals surface area contributed by atoms with Gasteiger partial charge in [-0.15, -0.1) is 0 Å². The third kappa shape index (κ3) is 3.38. The minimum absolute atomic E-state index is 0.0152. The van der Waals surface area contributed by atoms with Crippen molar-refractivity contribution in [2.45, 2.75) is 44.2 Å². The average molecular weight is 395 g/mol. The molecule has 1 aromatic carbocycles. The predicted octanol–water partition coefficient (Wildman–Crippen LogP) is 0.959. The molecule has 1 unspecified atom stereocenters. The summed E-state index contributed by atoms with van der Waals surface area (Å²) in [6, 6.07) is 0.701. The molecule has 2 aromatic rings. The molecule has 150 valence electrons. The van der Waals surface area contributed by atoms with Crippen molar-refractivity contribution in [2.24, 2.45) is 11.5 Å². The van der Waals surface area contributed by atoms with Gasteiger partial charge in [0.2, 0.25) is 5.91 Å². The fourth-order valence-corrected chi connectivity index (χ4v) is 3.95. The molecule has 4 N–H and O–H groups in total. The van der Waals surface area contributed by atoms with Crippen LogP contribution >= 0.6 is 0 Å². The lowest BCUT2D eigenvalue weighted by atomic mass is 9.93. The molecule has 1 aromatic heterocycles. The Labute approximate surface area is 159 Å². The molecule has 0 spiro atoms. The lowest BCUT2D eigenvalue weighted by Crippen LogP contribution is -2.48. The van der Waals surface area contributed by atoms with E-state index in [0.717, 1.165) is 17.3 Å². The smallest absolute Gasteiger partial charge is 0.239 e. The van der Waals surface area contributed by atoms with Crippen molar-refractivity contribution >= 4 is 5.91 Å². The molecule has 1 amide bonds. The fourth-order valence-electron chi connectivity index (χ4n) is 3.95. The van der Waals surface area contributed by atoms with E-state index >= 15 is 0 Å². The summed E-state index contributed by atoms with van der Waals surface area (Å²) >= 11 is 0. The van der Waals surface area contributed by atoms with Gasteiger partial charge in [0.1, 0.15) is 18.5 Å². The minimum atomic E-state index is -1.25. The topological polar surface area (TPSA) is 99.4 Å². The highest BCUT2D eigenvalue weighted by atomic mass is 19.2. The summed E-state index contributed by atoms with van der Waals surface area (Å²) in [7, 11) is 0. The number of amides is 1. The highest BCUT2D eigenvalue weighted by Gasteiger charge is 2.37. The summed E-state index contributed by atoms with van der Waals surface area (Å²) in [5, 5.41) is 4.17. The number of hydrogen-bond acceptors (Lipinski definition) is 5. The monoisotopic (exact) mass is 395 g/mol. The standard InChI is InChI=1S/C18H20F3N5O2/c19-12-3-14(21)13(20)2-11(12)18-15(22)1-10(8-28-18)25-5-9-4-24-26(7-17(23)27)16(9)6-25/h2-4,10,15,18H,1,5-8,22H2,(H2,23,27)/t10-,15+,18?/m1/s1. The third-order valence-corrected chi connectivity index (χ3v) is 5.33. The Bertz CT molecular complexity index is 919. The van der Waals surface area contributed by atoms with E-state index in [9.17, 15) is 18.0 Å². The summed E-state index contributed by atoms with van der Waals surface area (Å²) in [6.07, 6.45) is 1.36. The number of carbonyl (C=O) groups is 1. The first-order valence-electron chi connectivity index (χ1n) is 8.91. The molecule has 3 heterocycles. The van der Waals surface area contributed by atoms with Crippen molar-refractivity contribution in [1.82, 2.24) is 14.7 Å². The molecule has 0 radical (unpaired) electrons. The van der Waals surface area contributed by atoms with E-state index < -0.39 is 35.5 Å². The quantitative estimate of drug-likeness (QED) is 0.752. The second-order valence-corrected chi connectivity index (χ2v) is 7.24. The second kappa shape index (κ2) is 7.19. The van der Waals surface area contributed by atoms with E-state index in [1.165, 1.54) is 0 Å². The Morgan fingerprint density at radius 1 is 1.21 bits per heavy atom. The Morgan fingerprint density at radius 3 is 2.68 bits per heavy atom. The van der Waals surface area contributed by atoms with Crippen LogP contribution in [0, 0.1) is 17.5 Å². The van der Waals surface area contributed by atoms with Crippen molar-refractivity contribution in [3.8, 4) is 0 Å². The van der Waals surface area contributed by atoms with Crippen molar-refractivity contribution in [3.63, 3.8) is 0 Å². The number of benzene rings is 1. The zero-order chi connectivity index (χ0) is 20.0. The van der Waals surface area contributed by atoms with Gasteiger partial charge >= 0.3 is 0 Å². The van der Waals surface area contributed by atoms with E-state index in [1.54, 1.807) is 10.9 Å². The number of nitrogens with two attached hydrogens (primary N) is 2. The molecule has 0 aliphatic carbocycles. The molecule has 3 atom stereocenters. The number of carbonyl (C=O) groups excluding carboxylic acids is 1. The van der Waals surface area contributed by atoms with Crippen molar-refractivity contribution < 1.29 is 22.7 Å². The summed E-state index contributed by atoms with van der Waals surface area (Å²) in [5.74, 6) is -3.73. The van der Waals surface area contributed by atoms with Crippen LogP contribution in [-0.4, -0.2) is 39.3 Å². The number of ether oxygens (including phenoxy) is 1. The number of aromatic nitrogens is 2. The van der Waals surface area contributed by atoms with Crippen molar-refractivity contribution in [3.05, 3.63) is 52.6 Å². The second-order valence-electron chi connectivity index (χ2n) is 7.24. The lowest BCUT2D eigenvalue weighted by molar-refractivity contribution is -0.118. The van der Waals surface area contributed by atoms with Gasteiger partial charge in [-0.3, -0.25) is 14.4 Å². The highest BCUT2D eigenvalue weighted by Crippen LogP contribution is 2.34. The van der Waals surface area contributed by atoms with Crippen molar-refractivity contribution in [2.75, 3.05) is 6.61 Å². The molecule has 1 saturated heterocycles. The van der Waals surface area contributed by atoms with Crippen LogP contribution in [0.3, 0.4) is 0 Å². The first-order valence-corrected chi connectivity index (χ1v) is 8.91. The molecule has 0 saturated carbocycles. The first-order chi connectivity index (χ1) is 13.3. The van der Waals surface area contributed by atoms with Crippen LogP contribution in [0.5, 0.6) is 0 Å². The van der Waals surface area contributed by atoms with E-state index in [1.807, 2.05) is 0 Å². The lowest BCUT2D eigenvalue weighted by Gasteiger charge is -2.38. The van der Waals surface area contributed by atoms with Gasteiger partial charge in [0.25, 0.3) is 0 Å². The number of halogens is 3. The van der Waals surface area contributed by atoms with Crippen LogP contribution in [0.4, 0.5) is 13.2 Å². The molecule has 4 rings (SSSR count). The van der Waals surface area contributed by atoms with Gasteiger partial charge in [0.15, 0.2) is 11.6 Å². The maximum atomic E-state index is 14.1. The van der Waals surface area contributed by atoms with Crippen molar-refractivity contribution in [1.29, 1.82) is 0 Å². The summed E-state index contributed by atoms with van der Waals surface area (Å²) in [4.78, 5) is 13.3. The van der Waals surface area contributed by atoms with Gasteiger partial charge < -0.3 is 16.2 Å². The van der Waals surface area contributed by atoms with Gasteiger partial charge in [-0.05, 0) is 12.5 Å². The molecule has 28 heavy (non-hydrogen) atoms. The number of nitrogens with zero attached hydrogens (tertiary/aromatic N) is 3. The van der Waals surface area contributed by atoms with Crippen LogP contribution in [0.25, 0.3) is 0 Å². The molecule has 2 aliphatic heterocycles. The van der Waals surface area contributed by atoms with Gasteiger partial charge in [-0.2, -0.15) is 5.10 Å². The number of rotatable bonds is 4. The Hall–Kier alpha value is -2.43. The summed E-state index contributed by atoms with van der Waals surface area (Å²) < 4.78 is 48.1. The maximum Gasteiger partial charge on any atom is 0.239 e. The van der Waals surface area contributed by atoms with E-state index in [4.69, 9.17) is 16.2 Å². The number of fused-ring (bicyclic) bond motifs is 1. The van der Waals surface area contributed by atoms with Crippen LogP contribution < -0.4 is 11.5 Å². The fraction of sp³-hybridized carbons (Fsp3) is 0.444. The largest absolute Gasteiger partial charge is 0.370 e. The number of primary amides is 1. The molecular formula is C18H20F3N5O2. The molecule has 2 aliphatic rings. The zero-order valence-corrected chi connectivity index (χ0v) is 14.9. The van der Waals surface area contributed by atoms with Gasteiger partial charge in [-0.25, -0.2) is 13.2 Å². The third-order valence-electron chi connectivity index (χ3n) is 5.33. The Kier molecular flexibility index (Phi) is 4.86.